The van der Waals surface area contributed by atoms with E-state index >= 15 is 0 Å². The fraction of sp³-hybridized carbons (Fsp3) is 0.267. The van der Waals surface area contributed by atoms with Gasteiger partial charge >= 0.3 is 0 Å². The van der Waals surface area contributed by atoms with Crippen molar-refractivity contribution in [3.8, 4) is 0 Å². The quantitative estimate of drug-likeness (QED) is 0.915. The molecule has 4 nitrogen and oxygen atoms in total. The number of benzene rings is 1. The van der Waals surface area contributed by atoms with E-state index < -0.39 is 0 Å². The topological polar surface area (TPSA) is 54.9 Å². The zero-order valence-corrected chi connectivity index (χ0v) is 11.4. The lowest BCUT2D eigenvalue weighted by Gasteiger charge is -2.07. The van der Waals surface area contributed by atoms with Crippen LogP contribution in [0.15, 0.2) is 30.6 Å². The minimum absolute atomic E-state index is 0.0805. The maximum Gasteiger partial charge on any atom is 0.251 e. The highest BCUT2D eigenvalue weighted by atomic mass is 16.1. The Morgan fingerprint density at radius 3 is 2.37 bits per heavy atom. The molecule has 2 aromatic rings. The normalized spacial score (nSPS) is 10.3. The van der Waals surface area contributed by atoms with Gasteiger partial charge in [-0.1, -0.05) is 17.2 Å². The van der Waals surface area contributed by atoms with Gasteiger partial charge in [0.1, 0.15) is 6.33 Å². The van der Waals surface area contributed by atoms with Gasteiger partial charge in [0, 0.05) is 11.3 Å². The summed E-state index contributed by atoms with van der Waals surface area (Å²) in [5.74, 6) is -0.0805. The zero-order valence-electron chi connectivity index (χ0n) is 11.4. The van der Waals surface area contributed by atoms with Gasteiger partial charge in [0.25, 0.3) is 5.91 Å². The van der Waals surface area contributed by atoms with Crippen LogP contribution in [0.5, 0.6) is 0 Å². The molecule has 1 N–H and O–H groups in total. The molecule has 1 aromatic carbocycles. The van der Waals surface area contributed by atoms with Gasteiger partial charge in [0.05, 0.1) is 12.2 Å². The van der Waals surface area contributed by atoms with Gasteiger partial charge in [0.15, 0.2) is 0 Å². The third-order valence-electron chi connectivity index (χ3n) is 2.77. The van der Waals surface area contributed by atoms with E-state index in [2.05, 4.69) is 15.3 Å². The van der Waals surface area contributed by atoms with E-state index in [1.165, 1.54) is 6.33 Å². The molecule has 0 saturated carbocycles. The second-order valence-electron chi connectivity index (χ2n) is 4.71. The molecule has 2 rings (SSSR count). The van der Waals surface area contributed by atoms with Gasteiger partial charge in [-0.3, -0.25) is 4.79 Å². The van der Waals surface area contributed by atoms with Crippen LogP contribution in [0, 0.1) is 20.8 Å². The van der Waals surface area contributed by atoms with Crippen LogP contribution in [0.3, 0.4) is 0 Å². The number of carbonyl (C=O) groups is 1. The van der Waals surface area contributed by atoms with Crippen LogP contribution in [-0.2, 0) is 6.54 Å². The highest BCUT2D eigenvalue weighted by Gasteiger charge is 2.06. The third kappa shape index (κ3) is 3.61. The van der Waals surface area contributed by atoms with Crippen LogP contribution in [0.4, 0.5) is 0 Å². The summed E-state index contributed by atoms with van der Waals surface area (Å²) >= 11 is 0. The lowest BCUT2D eigenvalue weighted by Crippen LogP contribution is -2.23. The summed E-state index contributed by atoms with van der Waals surface area (Å²) in [6.07, 6.45) is 1.51. The van der Waals surface area contributed by atoms with E-state index in [1.807, 2.05) is 45.0 Å². The number of amides is 1. The molecule has 4 heteroatoms. The summed E-state index contributed by atoms with van der Waals surface area (Å²) in [7, 11) is 0. The maximum atomic E-state index is 12.1. The first-order chi connectivity index (χ1) is 9.04. The lowest BCUT2D eigenvalue weighted by atomic mass is 10.1. The number of aryl methyl sites for hydroxylation is 3. The smallest absolute Gasteiger partial charge is 0.251 e. The Labute approximate surface area is 112 Å². The number of carbonyl (C=O) groups excluding carboxylic acids is 1. The summed E-state index contributed by atoms with van der Waals surface area (Å²) < 4.78 is 0. The Morgan fingerprint density at radius 2 is 1.74 bits per heavy atom. The zero-order chi connectivity index (χ0) is 13.8. The van der Waals surface area contributed by atoms with Crippen LogP contribution in [0.25, 0.3) is 0 Å². The van der Waals surface area contributed by atoms with Gasteiger partial charge in [-0.25, -0.2) is 9.97 Å². The molecule has 0 aliphatic rings. The summed E-state index contributed by atoms with van der Waals surface area (Å²) in [5.41, 5.74) is 4.56. The second kappa shape index (κ2) is 5.61. The number of aromatic nitrogens is 2. The van der Waals surface area contributed by atoms with Crippen molar-refractivity contribution in [2.75, 3.05) is 0 Å². The van der Waals surface area contributed by atoms with E-state index in [-0.39, 0.29) is 5.91 Å². The molecule has 0 fully saturated rings. The van der Waals surface area contributed by atoms with E-state index in [1.54, 1.807) is 0 Å². The van der Waals surface area contributed by atoms with Crippen molar-refractivity contribution in [3.63, 3.8) is 0 Å². The van der Waals surface area contributed by atoms with E-state index in [0.717, 1.165) is 22.5 Å². The Morgan fingerprint density at radius 1 is 1.05 bits per heavy atom. The highest BCUT2D eigenvalue weighted by molar-refractivity contribution is 5.94. The molecule has 0 bridgehead atoms. The third-order valence-corrected chi connectivity index (χ3v) is 2.77. The molecule has 0 saturated heterocycles. The summed E-state index contributed by atoms with van der Waals surface area (Å²) in [5, 5.41) is 2.87. The summed E-state index contributed by atoms with van der Waals surface area (Å²) in [6, 6.07) is 7.67. The minimum atomic E-state index is -0.0805. The average molecular weight is 255 g/mol. The van der Waals surface area contributed by atoms with Crippen molar-refractivity contribution in [2.45, 2.75) is 27.3 Å². The molecule has 1 amide bonds. The number of nitrogens with zero attached hydrogens (tertiary/aromatic N) is 2. The van der Waals surface area contributed by atoms with Gasteiger partial charge < -0.3 is 5.32 Å². The minimum Gasteiger partial charge on any atom is -0.346 e. The molecule has 1 heterocycles. The number of rotatable bonds is 3. The summed E-state index contributed by atoms with van der Waals surface area (Å²) in [6.45, 7) is 6.28. The molecule has 0 aliphatic heterocycles. The fourth-order valence-corrected chi connectivity index (χ4v) is 1.99. The Balaban J connectivity index is 2.05. The van der Waals surface area contributed by atoms with Crippen molar-refractivity contribution in [3.05, 3.63) is 58.7 Å². The molecule has 0 atom stereocenters. The van der Waals surface area contributed by atoms with Crippen molar-refractivity contribution >= 4 is 5.91 Å². The first-order valence-electron chi connectivity index (χ1n) is 6.18. The van der Waals surface area contributed by atoms with Crippen molar-refractivity contribution in [1.29, 1.82) is 0 Å². The van der Waals surface area contributed by atoms with Crippen LogP contribution >= 0.6 is 0 Å². The predicted octanol–water partition coefficient (Wildman–Crippen LogP) is 2.33. The van der Waals surface area contributed by atoms with Gasteiger partial charge in [-0.2, -0.15) is 0 Å². The molecule has 0 radical (unpaired) electrons. The molecule has 0 unspecified atom stereocenters. The largest absolute Gasteiger partial charge is 0.346 e. The van der Waals surface area contributed by atoms with Crippen LogP contribution in [0.2, 0.25) is 0 Å². The molecular weight excluding hydrogens is 238 g/mol. The summed E-state index contributed by atoms with van der Waals surface area (Å²) in [4.78, 5) is 20.2. The van der Waals surface area contributed by atoms with Crippen molar-refractivity contribution < 1.29 is 4.79 Å². The van der Waals surface area contributed by atoms with E-state index in [9.17, 15) is 4.79 Å². The Kier molecular flexibility index (Phi) is 3.90. The number of hydrogen-bond donors (Lipinski definition) is 1. The lowest BCUT2D eigenvalue weighted by molar-refractivity contribution is 0.0950. The fourth-order valence-electron chi connectivity index (χ4n) is 1.99. The molecule has 19 heavy (non-hydrogen) atoms. The van der Waals surface area contributed by atoms with Gasteiger partial charge in [-0.05, 0) is 39.0 Å². The highest BCUT2D eigenvalue weighted by Crippen LogP contribution is 2.09. The first-order valence-corrected chi connectivity index (χ1v) is 6.18. The van der Waals surface area contributed by atoms with Crippen molar-refractivity contribution in [1.82, 2.24) is 15.3 Å². The molecule has 0 aliphatic carbocycles. The van der Waals surface area contributed by atoms with E-state index in [4.69, 9.17) is 0 Å². The molecule has 0 spiro atoms. The maximum absolute atomic E-state index is 12.1. The molecular formula is C15H17N3O. The van der Waals surface area contributed by atoms with Gasteiger partial charge in [-0.15, -0.1) is 0 Å². The van der Waals surface area contributed by atoms with Crippen LogP contribution in [-0.4, -0.2) is 15.9 Å². The average Bonchev–Trinajstić information content (AvgIpc) is 2.35. The Hall–Kier alpha value is -2.23. The van der Waals surface area contributed by atoms with Gasteiger partial charge in [0.2, 0.25) is 0 Å². The van der Waals surface area contributed by atoms with Crippen molar-refractivity contribution in [2.24, 2.45) is 0 Å². The first kappa shape index (κ1) is 13.2. The molecule has 1 aromatic heterocycles. The number of hydrogen-bond acceptors (Lipinski definition) is 3. The van der Waals surface area contributed by atoms with Crippen LogP contribution in [0.1, 0.15) is 32.9 Å². The standard InChI is InChI=1S/C15H17N3O/c1-10-4-11(2)6-13(5-10)15(19)16-8-14-7-12(3)17-9-18-14/h4-7,9H,8H2,1-3H3,(H,16,19). The SMILES string of the molecule is Cc1cc(C)cc(C(=O)NCc2cc(C)ncn2)c1. The number of nitrogens with one attached hydrogen (secondary N) is 1. The van der Waals surface area contributed by atoms with E-state index in [0.29, 0.717) is 12.1 Å². The monoisotopic (exact) mass is 255 g/mol. The second-order valence-corrected chi connectivity index (χ2v) is 4.71. The molecule has 98 valence electrons. The Bertz CT molecular complexity index is 588. The van der Waals surface area contributed by atoms with Crippen LogP contribution < -0.4 is 5.32 Å². The predicted molar refractivity (Wildman–Crippen MR) is 73.9 cm³/mol.